The lowest BCUT2D eigenvalue weighted by atomic mass is 10.1. The Morgan fingerprint density at radius 3 is 2.48 bits per heavy atom. The van der Waals surface area contributed by atoms with Crippen LogP contribution in [-0.2, 0) is 11.2 Å². The molecule has 0 aliphatic heterocycles. The second kappa shape index (κ2) is 9.29. The summed E-state index contributed by atoms with van der Waals surface area (Å²) in [7, 11) is 1.62. The Morgan fingerprint density at radius 1 is 1.12 bits per heavy atom. The van der Waals surface area contributed by atoms with Gasteiger partial charge in [-0.1, -0.05) is 34.1 Å². The summed E-state index contributed by atoms with van der Waals surface area (Å²) in [6.07, 6.45) is 1.12. The van der Waals surface area contributed by atoms with Crippen molar-refractivity contribution in [2.45, 2.75) is 12.8 Å². The van der Waals surface area contributed by atoms with Crippen molar-refractivity contribution in [3.8, 4) is 0 Å². The third-order valence-corrected chi connectivity index (χ3v) is 4.14. The highest BCUT2D eigenvalue weighted by molar-refractivity contribution is 9.10. The Bertz CT molecular complexity index is 778. The molecule has 5 nitrogen and oxygen atoms in total. The molecule has 0 aliphatic rings. The van der Waals surface area contributed by atoms with Gasteiger partial charge in [0, 0.05) is 29.2 Å². The van der Waals surface area contributed by atoms with Crippen molar-refractivity contribution in [3.63, 3.8) is 0 Å². The Hall–Kier alpha value is -2.25. The molecule has 0 unspecified atom stereocenters. The van der Waals surface area contributed by atoms with Gasteiger partial charge >= 0.3 is 0 Å². The van der Waals surface area contributed by atoms with E-state index < -0.39 is 0 Å². The van der Waals surface area contributed by atoms with Gasteiger partial charge in [0.1, 0.15) is 0 Å². The van der Waals surface area contributed by atoms with Gasteiger partial charge in [-0.05, 0) is 54.5 Å². The van der Waals surface area contributed by atoms with Crippen molar-refractivity contribution in [1.82, 2.24) is 10.6 Å². The zero-order valence-corrected chi connectivity index (χ0v) is 16.0. The average Bonchev–Trinajstić information content (AvgIpc) is 2.60. The van der Waals surface area contributed by atoms with Crippen LogP contribution >= 0.6 is 28.1 Å². The van der Waals surface area contributed by atoms with Gasteiger partial charge in [0.2, 0.25) is 5.91 Å². The second-order valence-electron chi connectivity index (χ2n) is 5.29. The molecule has 0 atom stereocenters. The van der Waals surface area contributed by atoms with Gasteiger partial charge in [-0.2, -0.15) is 0 Å². The van der Waals surface area contributed by atoms with Crippen LogP contribution in [0.2, 0.25) is 0 Å². The summed E-state index contributed by atoms with van der Waals surface area (Å²) in [5, 5.41) is 8.43. The van der Waals surface area contributed by atoms with E-state index in [0.717, 1.165) is 15.7 Å². The molecule has 0 bridgehead atoms. The summed E-state index contributed by atoms with van der Waals surface area (Å²) in [6.45, 7) is 0. The Labute approximate surface area is 160 Å². The number of anilines is 1. The summed E-state index contributed by atoms with van der Waals surface area (Å²) >= 11 is 8.50. The van der Waals surface area contributed by atoms with Crippen LogP contribution in [0.3, 0.4) is 0 Å². The van der Waals surface area contributed by atoms with Crippen molar-refractivity contribution < 1.29 is 9.59 Å². The summed E-state index contributed by atoms with van der Waals surface area (Å²) in [4.78, 5) is 23.4. The van der Waals surface area contributed by atoms with E-state index in [9.17, 15) is 9.59 Å². The van der Waals surface area contributed by atoms with Crippen LogP contribution in [0, 0.1) is 0 Å². The standard InChI is InChI=1S/C18H18BrN3O2S/c1-20-16(23)10-7-12-5-8-15(9-6-12)21-18(25)22-17(24)13-3-2-4-14(19)11-13/h2-6,8-9,11H,7,10H2,1H3,(H,20,23)(H2,21,22,24,25). The maximum absolute atomic E-state index is 12.1. The Balaban J connectivity index is 1.88. The number of benzene rings is 2. The van der Waals surface area contributed by atoms with Crippen LogP contribution < -0.4 is 16.0 Å². The lowest BCUT2D eigenvalue weighted by Gasteiger charge is -2.10. The van der Waals surface area contributed by atoms with Crippen molar-refractivity contribution in [1.29, 1.82) is 0 Å². The molecule has 0 fully saturated rings. The van der Waals surface area contributed by atoms with E-state index in [1.807, 2.05) is 30.3 Å². The van der Waals surface area contributed by atoms with Gasteiger partial charge in [0.25, 0.3) is 5.91 Å². The van der Waals surface area contributed by atoms with E-state index in [0.29, 0.717) is 18.4 Å². The van der Waals surface area contributed by atoms with E-state index in [4.69, 9.17) is 12.2 Å². The first-order valence-corrected chi connectivity index (χ1v) is 8.85. The number of halogens is 1. The fourth-order valence-electron chi connectivity index (χ4n) is 2.10. The summed E-state index contributed by atoms with van der Waals surface area (Å²) < 4.78 is 0.825. The van der Waals surface area contributed by atoms with Crippen LogP contribution in [0.1, 0.15) is 22.3 Å². The van der Waals surface area contributed by atoms with Crippen LogP contribution in [0.15, 0.2) is 53.0 Å². The molecule has 2 amide bonds. The highest BCUT2D eigenvalue weighted by atomic mass is 79.9. The van der Waals surface area contributed by atoms with Crippen LogP contribution in [0.5, 0.6) is 0 Å². The molecule has 2 rings (SSSR count). The number of carbonyl (C=O) groups is 2. The van der Waals surface area contributed by atoms with Crippen LogP contribution in [-0.4, -0.2) is 24.0 Å². The maximum atomic E-state index is 12.1. The lowest BCUT2D eigenvalue weighted by molar-refractivity contribution is -0.120. The fourth-order valence-corrected chi connectivity index (χ4v) is 2.71. The molecular weight excluding hydrogens is 402 g/mol. The SMILES string of the molecule is CNC(=O)CCc1ccc(NC(=S)NC(=O)c2cccc(Br)c2)cc1. The summed E-state index contributed by atoms with van der Waals surface area (Å²) in [6, 6.07) is 14.6. The minimum atomic E-state index is -0.277. The normalized spacial score (nSPS) is 10.0. The number of nitrogens with one attached hydrogen (secondary N) is 3. The van der Waals surface area contributed by atoms with Gasteiger partial charge in [-0.25, -0.2) is 0 Å². The highest BCUT2D eigenvalue weighted by Crippen LogP contribution is 2.13. The third-order valence-electron chi connectivity index (χ3n) is 3.45. The molecule has 0 saturated carbocycles. The van der Waals surface area contributed by atoms with Gasteiger partial charge in [0.15, 0.2) is 5.11 Å². The number of aryl methyl sites for hydroxylation is 1. The Kier molecular flexibility index (Phi) is 7.09. The first-order chi connectivity index (χ1) is 12.0. The summed E-state index contributed by atoms with van der Waals surface area (Å²) in [5.74, 6) is -0.264. The lowest BCUT2D eigenvalue weighted by Crippen LogP contribution is -2.34. The molecule has 130 valence electrons. The number of amides is 2. The molecular formula is C18H18BrN3O2S. The topological polar surface area (TPSA) is 70.2 Å². The van der Waals surface area contributed by atoms with E-state index in [1.54, 1.807) is 25.2 Å². The molecule has 7 heteroatoms. The monoisotopic (exact) mass is 419 g/mol. The van der Waals surface area contributed by atoms with Crippen LogP contribution in [0.25, 0.3) is 0 Å². The minimum Gasteiger partial charge on any atom is -0.359 e. The van der Waals surface area contributed by atoms with Gasteiger partial charge in [-0.3, -0.25) is 14.9 Å². The zero-order chi connectivity index (χ0) is 18.2. The minimum absolute atomic E-state index is 0.0126. The second-order valence-corrected chi connectivity index (χ2v) is 6.61. The number of thiocarbonyl (C=S) groups is 1. The molecule has 0 saturated heterocycles. The molecule has 2 aromatic carbocycles. The van der Waals surface area contributed by atoms with E-state index in [1.165, 1.54) is 0 Å². The van der Waals surface area contributed by atoms with Crippen molar-refractivity contribution in [2.24, 2.45) is 0 Å². The van der Waals surface area contributed by atoms with Gasteiger partial charge in [0.05, 0.1) is 0 Å². The number of hydrogen-bond acceptors (Lipinski definition) is 3. The number of carbonyl (C=O) groups excluding carboxylic acids is 2. The smallest absolute Gasteiger partial charge is 0.257 e. The molecule has 0 spiro atoms. The van der Waals surface area contributed by atoms with Crippen molar-refractivity contribution in [3.05, 3.63) is 64.1 Å². The molecule has 0 aromatic heterocycles. The van der Waals surface area contributed by atoms with Gasteiger partial charge in [-0.15, -0.1) is 0 Å². The van der Waals surface area contributed by atoms with Crippen molar-refractivity contribution >= 4 is 50.8 Å². The number of hydrogen-bond donors (Lipinski definition) is 3. The molecule has 25 heavy (non-hydrogen) atoms. The quantitative estimate of drug-likeness (QED) is 0.650. The van der Waals surface area contributed by atoms with Crippen LogP contribution in [0.4, 0.5) is 5.69 Å². The average molecular weight is 420 g/mol. The Morgan fingerprint density at radius 2 is 1.84 bits per heavy atom. The zero-order valence-electron chi connectivity index (χ0n) is 13.6. The van der Waals surface area contributed by atoms with E-state index in [-0.39, 0.29) is 16.9 Å². The molecule has 0 aliphatic carbocycles. The molecule has 0 radical (unpaired) electrons. The fraction of sp³-hybridized carbons (Fsp3) is 0.167. The molecule has 2 aromatic rings. The predicted octanol–water partition coefficient (Wildman–Crippen LogP) is 3.25. The first-order valence-electron chi connectivity index (χ1n) is 7.65. The predicted molar refractivity (Wildman–Crippen MR) is 107 cm³/mol. The van der Waals surface area contributed by atoms with E-state index >= 15 is 0 Å². The largest absolute Gasteiger partial charge is 0.359 e. The van der Waals surface area contributed by atoms with Gasteiger partial charge < -0.3 is 10.6 Å². The van der Waals surface area contributed by atoms with E-state index in [2.05, 4.69) is 31.9 Å². The maximum Gasteiger partial charge on any atom is 0.257 e. The summed E-state index contributed by atoms with van der Waals surface area (Å²) in [5.41, 5.74) is 2.34. The highest BCUT2D eigenvalue weighted by Gasteiger charge is 2.08. The third kappa shape index (κ3) is 6.28. The first kappa shape index (κ1) is 19.1. The number of rotatable bonds is 5. The molecule has 3 N–H and O–H groups in total. The van der Waals surface area contributed by atoms with Crippen molar-refractivity contribution in [2.75, 3.05) is 12.4 Å². The molecule has 0 heterocycles.